The van der Waals surface area contributed by atoms with Crippen LogP contribution in [-0.4, -0.2) is 18.2 Å². The summed E-state index contributed by atoms with van der Waals surface area (Å²) in [6.45, 7) is 0. The molecule has 0 saturated heterocycles. The van der Waals surface area contributed by atoms with E-state index in [2.05, 4.69) is 41.7 Å². The van der Waals surface area contributed by atoms with Crippen molar-refractivity contribution in [3.63, 3.8) is 0 Å². The fourth-order valence-corrected chi connectivity index (χ4v) is 3.57. The molecule has 3 atom stereocenters. The Morgan fingerprint density at radius 1 is 1.05 bits per heavy atom. The van der Waals surface area contributed by atoms with E-state index >= 15 is 0 Å². The monoisotopic (exact) mass is 299 g/mol. The SMILES string of the molecule is O=C(N[C@H]1C=CCCC1)O[C@@H]1CCCC[C@H]1c1ccccc1. The molecular formula is C19H25NO2. The van der Waals surface area contributed by atoms with E-state index in [4.69, 9.17) is 4.74 Å². The second kappa shape index (κ2) is 7.48. The lowest BCUT2D eigenvalue weighted by Gasteiger charge is -2.32. The number of alkyl carbamates (subject to hydrolysis) is 1. The fraction of sp³-hybridized carbons (Fsp3) is 0.526. The zero-order valence-electron chi connectivity index (χ0n) is 13.0. The van der Waals surface area contributed by atoms with Gasteiger partial charge in [0.15, 0.2) is 0 Å². The lowest BCUT2D eigenvalue weighted by Crippen LogP contribution is -2.39. The number of carbonyl (C=O) groups excluding carboxylic acids is 1. The predicted molar refractivity (Wildman–Crippen MR) is 87.8 cm³/mol. The van der Waals surface area contributed by atoms with Crippen molar-refractivity contribution in [2.45, 2.75) is 63.0 Å². The minimum Gasteiger partial charge on any atom is -0.446 e. The Hall–Kier alpha value is -1.77. The van der Waals surface area contributed by atoms with E-state index in [1.54, 1.807) is 0 Å². The molecule has 22 heavy (non-hydrogen) atoms. The van der Waals surface area contributed by atoms with Crippen LogP contribution in [0.4, 0.5) is 4.79 Å². The summed E-state index contributed by atoms with van der Waals surface area (Å²) in [5.41, 5.74) is 1.29. The van der Waals surface area contributed by atoms with E-state index in [0.717, 1.165) is 38.5 Å². The molecule has 0 aliphatic heterocycles. The quantitative estimate of drug-likeness (QED) is 0.832. The van der Waals surface area contributed by atoms with Crippen LogP contribution in [0.25, 0.3) is 0 Å². The molecule has 1 fully saturated rings. The molecule has 0 spiro atoms. The van der Waals surface area contributed by atoms with Crippen LogP contribution in [0.1, 0.15) is 56.4 Å². The number of ether oxygens (including phenoxy) is 1. The third kappa shape index (κ3) is 3.90. The molecule has 3 heteroatoms. The molecule has 1 aromatic carbocycles. The summed E-state index contributed by atoms with van der Waals surface area (Å²) in [5.74, 6) is 0.336. The number of amides is 1. The third-order valence-electron chi connectivity index (χ3n) is 4.75. The number of carbonyl (C=O) groups is 1. The molecular weight excluding hydrogens is 274 g/mol. The maximum absolute atomic E-state index is 12.2. The largest absolute Gasteiger partial charge is 0.446 e. The average Bonchev–Trinajstić information content (AvgIpc) is 2.57. The van der Waals surface area contributed by atoms with E-state index in [0.29, 0.717) is 5.92 Å². The summed E-state index contributed by atoms with van der Waals surface area (Å²) in [7, 11) is 0. The molecule has 0 unspecified atom stereocenters. The minimum absolute atomic E-state index is 0.00344. The Morgan fingerprint density at radius 3 is 2.64 bits per heavy atom. The first-order valence-corrected chi connectivity index (χ1v) is 8.51. The van der Waals surface area contributed by atoms with Gasteiger partial charge in [-0.1, -0.05) is 48.9 Å². The summed E-state index contributed by atoms with van der Waals surface area (Å²) >= 11 is 0. The van der Waals surface area contributed by atoms with Gasteiger partial charge in [-0.2, -0.15) is 0 Å². The van der Waals surface area contributed by atoms with Gasteiger partial charge in [0.1, 0.15) is 6.10 Å². The van der Waals surface area contributed by atoms with Gasteiger partial charge in [0.2, 0.25) is 0 Å². The Labute approximate surface area is 132 Å². The van der Waals surface area contributed by atoms with Gasteiger partial charge < -0.3 is 10.1 Å². The number of allylic oxidation sites excluding steroid dienone is 1. The van der Waals surface area contributed by atoms with Crippen molar-refractivity contribution >= 4 is 6.09 Å². The molecule has 0 heterocycles. The Bertz CT molecular complexity index is 511. The second-order valence-corrected chi connectivity index (χ2v) is 6.36. The third-order valence-corrected chi connectivity index (χ3v) is 4.75. The highest BCUT2D eigenvalue weighted by atomic mass is 16.6. The number of nitrogens with one attached hydrogen (secondary N) is 1. The first-order valence-electron chi connectivity index (χ1n) is 8.51. The van der Waals surface area contributed by atoms with Crippen molar-refractivity contribution in [3.05, 3.63) is 48.0 Å². The maximum Gasteiger partial charge on any atom is 0.407 e. The molecule has 2 aliphatic carbocycles. The highest BCUT2D eigenvalue weighted by molar-refractivity contribution is 5.68. The average molecular weight is 299 g/mol. The van der Waals surface area contributed by atoms with Gasteiger partial charge >= 0.3 is 6.09 Å². The molecule has 1 aromatic rings. The molecule has 1 amide bonds. The summed E-state index contributed by atoms with van der Waals surface area (Å²) in [4.78, 5) is 12.2. The molecule has 0 aromatic heterocycles. The van der Waals surface area contributed by atoms with Crippen LogP contribution in [0.5, 0.6) is 0 Å². The van der Waals surface area contributed by atoms with Crippen LogP contribution < -0.4 is 5.32 Å². The van der Waals surface area contributed by atoms with Crippen LogP contribution in [0.2, 0.25) is 0 Å². The second-order valence-electron chi connectivity index (χ2n) is 6.36. The molecule has 1 N–H and O–H groups in total. The topological polar surface area (TPSA) is 38.3 Å². The Morgan fingerprint density at radius 2 is 1.86 bits per heavy atom. The molecule has 2 aliphatic rings. The molecule has 118 valence electrons. The number of benzene rings is 1. The fourth-order valence-electron chi connectivity index (χ4n) is 3.57. The van der Waals surface area contributed by atoms with E-state index in [1.165, 1.54) is 12.0 Å². The summed E-state index contributed by atoms with van der Waals surface area (Å²) in [6.07, 6.45) is 11.7. The highest BCUT2D eigenvalue weighted by Crippen LogP contribution is 2.35. The highest BCUT2D eigenvalue weighted by Gasteiger charge is 2.29. The minimum atomic E-state index is -0.260. The lowest BCUT2D eigenvalue weighted by atomic mass is 9.81. The molecule has 0 radical (unpaired) electrons. The number of hydrogen-bond acceptors (Lipinski definition) is 2. The van der Waals surface area contributed by atoms with Gasteiger partial charge in [-0.3, -0.25) is 0 Å². The number of rotatable bonds is 3. The lowest BCUT2D eigenvalue weighted by molar-refractivity contribution is 0.0596. The van der Waals surface area contributed by atoms with Crippen LogP contribution in [0, 0.1) is 0 Å². The van der Waals surface area contributed by atoms with E-state index in [1.807, 2.05) is 6.07 Å². The summed E-state index contributed by atoms with van der Waals surface area (Å²) < 4.78 is 5.78. The van der Waals surface area contributed by atoms with Gasteiger partial charge in [-0.05, 0) is 44.1 Å². The summed E-state index contributed by atoms with van der Waals surface area (Å²) in [5, 5.41) is 2.99. The molecule has 3 rings (SSSR count). The maximum atomic E-state index is 12.2. The van der Waals surface area contributed by atoms with Crippen molar-refractivity contribution in [2.24, 2.45) is 0 Å². The van der Waals surface area contributed by atoms with Gasteiger partial charge in [-0.15, -0.1) is 0 Å². The molecule has 1 saturated carbocycles. The van der Waals surface area contributed by atoms with E-state index in [-0.39, 0.29) is 18.2 Å². The Balaban J connectivity index is 1.60. The van der Waals surface area contributed by atoms with Crippen LogP contribution in [-0.2, 0) is 4.74 Å². The normalized spacial score (nSPS) is 28.1. The van der Waals surface area contributed by atoms with Crippen molar-refractivity contribution in [3.8, 4) is 0 Å². The van der Waals surface area contributed by atoms with E-state index in [9.17, 15) is 4.79 Å². The van der Waals surface area contributed by atoms with Gasteiger partial charge in [-0.25, -0.2) is 4.79 Å². The Kier molecular flexibility index (Phi) is 5.15. The van der Waals surface area contributed by atoms with Crippen molar-refractivity contribution < 1.29 is 9.53 Å². The van der Waals surface area contributed by atoms with Gasteiger partial charge in [0.05, 0.1) is 6.04 Å². The first kappa shape index (κ1) is 15.1. The van der Waals surface area contributed by atoms with Crippen molar-refractivity contribution in [2.75, 3.05) is 0 Å². The standard InChI is InChI=1S/C19H25NO2/c21-19(20-16-11-5-2-6-12-16)22-18-14-8-7-13-17(18)15-9-3-1-4-10-15/h1,3-5,9-11,16-18H,2,6-8,12-14H2,(H,20,21)/t16-,17-,18+/m0/s1. The van der Waals surface area contributed by atoms with Crippen LogP contribution >= 0.6 is 0 Å². The van der Waals surface area contributed by atoms with Crippen molar-refractivity contribution in [1.82, 2.24) is 5.32 Å². The van der Waals surface area contributed by atoms with E-state index < -0.39 is 0 Å². The van der Waals surface area contributed by atoms with Gasteiger partial charge in [0.25, 0.3) is 0 Å². The predicted octanol–water partition coefficient (Wildman–Crippen LogP) is 4.55. The first-order chi connectivity index (χ1) is 10.8. The van der Waals surface area contributed by atoms with Crippen molar-refractivity contribution in [1.29, 1.82) is 0 Å². The zero-order chi connectivity index (χ0) is 15.2. The zero-order valence-corrected chi connectivity index (χ0v) is 13.0. The van der Waals surface area contributed by atoms with Crippen LogP contribution in [0.15, 0.2) is 42.5 Å². The smallest absolute Gasteiger partial charge is 0.407 e. The van der Waals surface area contributed by atoms with Gasteiger partial charge in [0, 0.05) is 5.92 Å². The van der Waals surface area contributed by atoms with Crippen LogP contribution in [0.3, 0.4) is 0 Å². The summed E-state index contributed by atoms with van der Waals surface area (Å²) in [6, 6.07) is 10.6. The molecule has 3 nitrogen and oxygen atoms in total. The molecule has 0 bridgehead atoms. The number of hydrogen-bond donors (Lipinski definition) is 1.